The Morgan fingerprint density at radius 2 is 1.81 bits per heavy atom. The molecule has 0 radical (unpaired) electrons. The van der Waals surface area contributed by atoms with Crippen molar-refractivity contribution < 1.29 is 23.5 Å². The van der Waals surface area contributed by atoms with Crippen LogP contribution in [0.25, 0.3) is 0 Å². The molecule has 1 aromatic heterocycles. The molecule has 0 saturated carbocycles. The number of hydrazine groups is 1. The minimum absolute atomic E-state index is 0.0175. The fourth-order valence-corrected chi connectivity index (χ4v) is 5.02. The van der Waals surface area contributed by atoms with E-state index in [1.807, 2.05) is 4.90 Å². The zero-order chi connectivity index (χ0) is 25.5. The Hall–Kier alpha value is -3.79. The zero-order valence-corrected chi connectivity index (χ0v) is 20.6. The van der Waals surface area contributed by atoms with Gasteiger partial charge >= 0.3 is 0 Å². The van der Waals surface area contributed by atoms with E-state index in [0.29, 0.717) is 18.8 Å². The molecule has 1 aliphatic rings. The molecule has 3 amide bonds. The van der Waals surface area contributed by atoms with Crippen LogP contribution >= 0.6 is 11.3 Å². The van der Waals surface area contributed by atoms with Crippen LogP contribution in [0.1, 0.15) is 45.4 Å². The van der Waals surface area contributed by atoms with Gasteiger partial charge in [0.1, 0.15) is 17.3 Å². The highest BCUT2D eigenvalue weighted by Gasteiger charge is 2.26. The van der Waals surface area contributed by atoms with Gasteiger partial charge in [0.15, 0.2) is 0 Å². The van der Waals surface area contributed by atoms with Gasteiger partial charge in [-0.25, -0.2) is 9.37 Å². The number of nitrogens with one attached hydrogen (secondary N) is 2. The van der Waals surface area contributed by atoms with Gasteiger partial charge in [0.2, 0.25) is 11.8 Å². The molecule has 3 aromatic rings. The van der Waals surface area contributed by atoms with Gasteiger partial charge in [-0.15, -0.1) is 11.3 Å². The van der Waals surface area contributed by atoms with Gasteiger partial charge in [0, 0.05) is 24.4 Å². The fraction of sp³-hybridized carbons (Fsp3) is 0.308. The molecule has 8 nitrogen and oxygen atoms in total. The first-order chi connectivity index (χ1) is 17.4. The zero-order valence-electron chi connectivity index (χ0n) is 19.8. The number of amides is 3. The molecular weight excluding hydrogens is 483 g/mol. The molecule has 10 heteroatoms. The first-order valence-electron chi connectivity index (χ1n) is 11.6. The maximum absolute atomic E-state index is 13.1. The summed E-state index contributed by atoms with van der Waals surface area (Å²) < 4.78 is 18.2. The van der Waals surface area contributed by atoms with Crippen molar-refractivity contribution in [1.82, 2.24) is 20.7 Å². The largest absolute Gasteiger partial charge is 0.497 e. The van der Waals surface area contributed by atoms with Crippen molar-refractivity contribution in [3.63, 3.8) is 0 Å². The lowest BCUT2D eigenvalue weighted by Crippen LogP contribution is -2.42. The molecule has 2 heterocycles. The fourth-order valence-electron chi connectivity index (χ4n) is 4.05. The number of nitrogens with zero attached hydrogens (tertiary/aromatic N) is 2. The maximum Gasteiger partial charge on any atom is 0.289 e. The molecule has 36 heavy (non-hydrogen) atoms. The minimum atomic E-state index is -0.483. The molecule has 0 bridgehead atoms. The van der Waals surface area contributed by atoms with Gasteiger partial charge in [-0.2, -0.15) is 0 Å². The highest BCUT2D eigenvalue weighted by molar-refractivity contribution is 7.09. The molecule has 0 unspecified atom stereocenters. The summed E-state index contributed by atoms with van der Waals surface area (Å²) >= 11 is 1.40. The Kier molecular flexibility index (Phi) is 8.27. The number of hydrogen-bond acceptors (Lipinski definition) is 6. The molecule has 0 atom stereocenters. The predicted molar refractivity (Wildman–Crippen MR) is 133 cm³/mol. The van der Waals surface area contributed by atoms with Crippen LogP contribution in [0.3, 0.4) is 0 Å². The average molecular weight is 511 g/mol. The van der Waals surface area contributed by atoms with Gasteiger partial charge in [-0.05, 0) is 48.2 Å². The third kappa shape index (κ3) is 6.66. The molecule has 0 aliphatic carbocycles. The summed E-state index contributed by atoms with van der Waals surface area (Å²) in [4.78, 5) is 43.5. The molecule has 1 aliphatic heterocycles. The van der Waals surface area contributed by atoms with E-state index in [1.54, 1.807) is 48.9 Å². The van der Waals surface area contributed by atoms with Gasteiger partial charge in [-0.3, -0.25) is 25.2 Å². The van der Waals surface area contributed by atoms with E-state index in [0.717, 1.165) is 29.0 Å². The van der Waals surface area contributed by atoms with Crippen molar-refractivity contribution >= 4 is 29.1 Å². The number of methoxy groups -OCH3 is 1. The van der Waals surface area contributed by atoms with Gasteiger partial charge in [0.05, 0.1) is 25.0 Å². The van der Waals surface area contributed by atoms with Crippen molar-refractivity contribution in [1.29, 1.82) is 0 Å². The van der Waals surface area contributed by atoms with Crippen molar-refractivity contribution in [3.05, 3.63) is 81.6 Å². The third-order valence-corrected chi connectivity index (χ3v) is 7.04. The van der Waals surface area contributed by atoms with Crippen LogP contribution < -0.4 is 15.6 Å². The summed E-state index contributed by atoms with van der Waals surface area (Å²) in [5, 5.41) is 2.51. The summed E-state index contributed by atoms with van der Waals surface area (Å²) in [6.07, 6.45) is 1.84. The van der Waals surface area contributed by atoms with Crippen molar-refractivity contribution in [2.24, 2.45) is 0 Å². The van der Waals surface area contributed by atoms with E-state index >= 15 is 0 Å². The molecule has 2 aromatic carbocycles. The Bertz CT molecular complexity index is 1220. The van der Waals surface area contributed by atoms with Crippen LogP contribution in [0.4, 0.5) is 4.39 Å². The number of aromatic nitrogens is 1. The van der Waals surface area contributed by atoms with Crippen molar-refractivity contribution in [3.8, 4) is 5.75 Å². The number of hydrogen-bond donors (Lipinski definition) is 2. The standard InChI is InChI=1S/C26H27FN4O4S/c1-35-21-4-2-3-18(13-21)14-23(32)29-30-25(34)22-16-36-26(28-22)19-9-11-31(12-10-19)24(33)15-17-5-7-20(27)8-6-17/h2-8,13,16,19H,9-12,14-15H2,1H3,(H,29,32)(H,30,34). The maximum atomic E-state index is 13.1. The van der Waals surface area contributed by atoms with Crippen LogP contribution in [-0.4, -0.2) is 47.8 Å². The first-order valence-corrected chi connectivity index (χ1v) is 12.5. The normalized spacial score (nSPS) is 13.8. The molecular formula is C26H27FN4O4S. The molecule has 0 spiro atoms. The molecule has 4 rings (SSSR count). The second-order valence-corrected chi connectivity index (χ2v) is 9.45. The van der Waals surface area contributed by atoms with Gasteiger partial charge < -0.3 is 9.64 Å². The molecule has 1 fully saturated rings. The van der Waals surface area contributed by atoms with E-state index in [2.05, 4.69) is 15.8 Å². The molecule has 2 N–H and O–H groups in total. The number of thiazole rings is 1. The highest BCUT2D eigenvalue weighted by Crippen LogP contribution is 2.30. The second-order valence-electron chi connectivity index (χ2n) is 8.56. The number of ether oxygens (including phenoxy) is 1. The minimum Gasteiger partial charge on any atom is -0.497 e. The van der Waals surface area contributed by atoms with E-state index in [-0.39, 0.29) is 42.1 Å². The van der Waals surface area contributed by atoms with Crippen LogP contribution in [-0.2, 0) is 22.4 Å². The van der Waals surface area contributed by atoms with Gasteiger partial charge in [-0.1, -0.05) is 24.3 Å². The number of rotatable bonds is 7. The Balaban J connectivity index is 1.23. The number of carbonyl (C=O) groups excluding carboxylic acids is 3. The van der Waals surface area contributed by atoms with Crippen LogP contribution in [0, 0.1) is 5.82 Å². The summed E-state index contributed by atoms with van der Waals surface area (Å²) in [5.41, 5.74) is 6.62. The number of piperidine rings is 1. The second kappa shape index (κ2) is 11.8. The summed E-state index contributed by atoms with van der Waals surface area (Å²) in [6.45, 7) is 1.21. The lowest BCUT2D eigenvalue weighted by Gasteiger charge is -2.31. The highest BCUT2D eigenvalue weighted by atomic mass is 32.1. The molecule has 188 valence electrons. The van der Waals surface area contributed by atoms with E-state index in [9.17, 15) is 18.8 Å². The smallest absolute Gasteiger partial charge is 0.289 e. The quantitative estimate of drug-likeness (QED) is 0.476. The van der Waals surface area contributed by atoms with Crippen LogP contribution in [0.5, 0.6) is 5.75 Å². The van der Waals surface area contributed by atoms with Gasteiger partial charge in [0.25, 0.3) is 5.91 Å². The van der Waals surface area contributed by atoms with Crippen LogP contribution in [0.2, 0.25) is 0 Å². The Morgan fingerprint density at radius 1 is 1.06 bits per heavy atom. The number of benzene rings is 2. The summed E-state index contributed by atoms with van der Waals surface area (Å²) in [5.74, 6) is -0.326. The summed E-state index contributed by atoms with van der Waals surface area (Å²) in [6, 6.07) is 13.1. The first kappa shape index (κ1) is 25.3. The number of carbonyl (C=O) groups is 3. The van der Waals surface area contributed by atoms with E-state index in [1.165, 1.54) is 23.5 Å². The Labute approximate surface area is 212 Å². The monoisotopic (exact) mass is 510 g/mol. The summed E-state index contributed by atoms with van der Waals surface area (Å²) in [7, 11) is 1.56. The van der Waals surface area contributed by atoms with Crippen molar-refractivity contribution in [2.75, 3.05) is 20.2 Å². The average Bonchev–Trinajstić information content (AvgIpc) is 3.39. The van der Waals surface area contributed by atoms with E-state index in [4.69, 9.17) is 4.74 Å². The van der Waals surface area contributed by atoms with Crippen LogP contribution in [0.15, 0.2) is 53.9 Å². The predicted octanol–water partition coefficient (Wildman–Crippen LogP) is 3.24. The lowest BCUT2D eigenvalue weighted by molar-refractivity contribution is -0.131. The lowest BCUT2D eigenvalue weighted by atomic mass is 9.97. The third-order valence-electron chi connectivity index (χ3n) is 6.03. The van der Waals surface area contributed by atoms with E-state index < -0.39 is 5.91 Å². The Morgan fingerprint density at radius 3 is 2.53 bits per heavy atom. The topological polar surface area (TPSA) is 101 Å². The molecule has 1 saturated heterocycles. The van der Waals surface area contributed by atoms with Crippen molar-refractivity contribution in [2.45, 2.75) is 31.6 Å². The SMILES string of the molecule is COc1cccc(CC(=O)NNC(=O)c2csc(C3CCN(C(=O)Cc4ccc(F)cc4)CC3)n2)c1. The number of halogens is 1. The number of likely N-dealkylation sites (tertiary alicyclic amines) is 1.